The van der Waals surface area contributed by atoms with Crippen LogP contribution in [0.1, 0.15) is 18.4 Å². The fourth-order valence-corrected chi connectivity index (χ4v) is 10.9. The molecule has 0 fully saturated rings. The van der Waals surface area contributed by atoms with E-state index in [0.29, 0.717) is 0 Å². The average Bonchev–Trinajstić information content (AvgIpc) is 3.43. The summed E-state index contributed by atoms with van der Waals surface area (Å²) in [5, 5.41) is 12.5. The summed E-state index contributed by atoms with van der Waals surface area (Å²) in [4.78, 5) is 2.42. The van der Waals surface area contributed by atoms with Gasteiger partial charge in [0.1, 0.15) is 0 Å². The van der Waals surface area contributed by atoms with Gasteiger partial charge in [0.25, 0.3) is 0 Å². The lowest BCUT2D eigenvalue weighted by molar-refractivity contribution is 1.04. The number of anilines is 3. The van der Waals surface area contributed by atoms with Crippen LogP contribution in [-0.2, 0) is 0 Å². The van der Waals surface area contributed by atoms with E-state index in [0.717, 1.165) is 29.9 Å². The Morgan fingerprint density at radius 1 is 0.290 bits per heavy atom. The van der Waals surface area contributed by atoms with Crippen LogP contribution in [0.4, 0.5) is 17.1 Å². The van der Waals surface area contributed by atoms with Gasteiger partial charge in [-0.2, -0.15) is 0 Å². The molecule has 69 heavy (non-hydrogen) atoms. The number of allylic oxidation sites excluding steroid dienone is 4. The zero-order valence-electron chi connectivity index (χ0n) is 38.2. The molecule has 0 radical (unpaired) electrons. The molecule has 1 aliphatic rings. The molecule has 324 valence electrons. The molecule has 13 rings (SSSR count). The van der Waals surface area contributed by atoms with Gasteiger partial charge in [0.15, 0.2) is 0 Å². The summed E-state index contributed by atoms with van der Waals surface area (Å²) in [6.45, 7) is 0. The third-order valence-electron chi connectivity index (χ3n) is 14.2. The lowest BCUT2D eigenvalue weighted by Gasteiger charge is -2.27. The van der Waals surface area contributed by atoms with Crippen molar-refractivity contribution in [3.63, 3.8) is 0 Å². The fraction of sp³-hybridized carbons (Fsp3) is 0.0294. The predicted molar refractivity (Wildman–Crippen MR) is 297 cm³/mol. The first-order valence-corrected chi connectivity index (χ1v) is 24.1. The van der Waals surface area contributed by atoms with Gasteiger partial charge in [-0.1, -0.05) is 206 Å². The molecule has 0 unspecified atom stereocenters. The molecule has 12 aromatic carbocycles. The van der Waals surface area contributed by atoms with Gasteiger partial charge < -0.3 is 4.90 Å². The minimum atomic E-state index is 1.03. The van der Waals surface area contributed by atoms with Crippen LogP contribution >= 0.6 is 0 Å². The van der Waals surface area contributed by atoms with Crippen LogP contribution in [0.3, 0.4) is 0 Å². The first kappa shape index (κ1) is 40.5. The van der Waals surface area contributed by atoms with Crippen molar-refractivity contribution in [1.82, 2.24) is 0 Å². The molecular weight excluding hydrogens is 831 g/mol. The van der Waals surface area contributed by atoms with Gasteiger partial charge in [0.2, 0.25) is 0 Å². The Bertz CT molecular complexity index is 3850. The van der Waals surface area contributed by atoms with Crippen molar-refractivity contribution in [2.45, 2.75) is 12.8 Å². The summed E-state index contributed by atoms with van der Waals surface area (Å²) in [6, 6.07) is 89.6. The van der Waals surface area contributed by atoms with Gasteiger partial charge in [0, 0.05) is 17.1 Å². The van der Waals surface area contributed by atoms with Crippen molar-refractivity contribution in [2.75, 3.05) is 4.90 Å². The van der Waals surface area contributed by atoms with E-state index in [1.807, 2.05) is 0 Å². The maximum atomic E-state index is 2.47. The Hall–Kier alpha value is -8.78. The summed E-state index contributed by atoms with van der Waals surface area (Å²) in [6.07, 6.45) is 9.19. The highest BCUT2D eigenvalue weighted by atomic mass is 15.1. The quantitative estimate of drug-likeness (QED) is 0.138. The van der Waals surface area contributed by atoms with Crippen molar-refractivity contribution in [3.8, 4) is 44.5 Å². The van der Waals surface area contributed by atoms with Crippen molar-refractivity contribution in [1.29, 1.82) is 0 Å². The second-order valence-electron chi connectivity index (χ2n) is 18.3. The monoisotopic (exact) mass is 877 g/mol. The van der Waals surface area contributed by atoms with Crippen molar-refractivity contribution in [3.05, 3.63) is 266 Å². The van der Waals surface area contributed by atoms with Crippen LogP contribution in [-0.4, -0.2) is 0 Å². The molecule has 0 N–H and O–H groups in total. The standard InChI is InChI=1S/C68H47N/c1-4-18-50(19-5-1)63-45-64(51-20-6-2-7-21-51)67-61-27-15-14-26-60(61)65-44-59(40-41-62(65)68(67)66(63)52-22-8-3-9-23-52)69(57-36-32-48(33-37-57)55-30-28-46-16-10-12-24-53(46)42-55)58-38-34-49(35-39-58)56-31-29-47-17-11-13-25-54(47)43-56/h2-4,6-45H,1,5H2. The number of nitrogens with zero attached hydrogens (tertiary/aromatic N) is 1. The van der Waals surface area contributed by atoms with Gasteiger partial charge in [-0.15, -0.1) is 0 Å². The number of rotatable bonds is 8. The maximum absolute atomic E-state index is 2.47. The SMILES string of the molecule is C1=CC(c2cc(-c3ccccc3)c3c4ccccc4c4cc(N(c5ccc(-c6ccc7ccccc7c6)cc5)c5ccc(-c6ccc7ccccc7c6)cc5)ccc4c3c2-c2ccccc2)=CCC1. The topological polar surface area (TPSA) is 3.24 Å². The van der Waals surface area contributed by atoms with Gasteiger partial charge in [-0.25, -0.2) is 0 Å². The van der Waals surface area contributed by atoms with E-state index in [1.165, 1.54) is 110 Å². The Morgan fingerprint density at radius 3 is 1.39 bits per heavy atom. The zero-order chi connectivity index (χ0) is 45.7. The largest absolute Gasteiger partial charge is 0.310 e. The molecule has 0 aliphatic heterocycles. The Morgan fingerprint density at radius 2 is 0.797 bits per heavy atom. The van der Waals surface area contributed by atoms with Crippen molar-refractivity contribution >= 4 is 76.5 Å². The minimum Gasteiger partial charge on any atom is -0.310 e. The number of benzene rings is 12. The third-order valence-corrected chi connectivity index (χ3v) is 14.2. The van der Waals surface area contributed by atoms with Crippen LogP contribution in [0.5, 0.6) is 0 Å². The second kappa shape index (κ2) is 17.1. The zero-order valence-corrected chi connectivity index (χ0v) is 38.2. The second-order valence-corrected chi connectivity index (χ2v) is 18.3. The number of hydrogen-bond donors (Lipinski definition) is 0. The highest BCUT2D eigenvalue weighted by molar-refractivity contribution is 6.33. The van der Waals surface area contributed by atoms with Crippen LogP contribution in [0.15, 0.2) is 261 Å². The molecular formula is C68H47N. The molecule has 1 heteroatoms. The van der Waals surface area contributed by atoms with Crippen LogP contribution < -0.4 is 4.90 Å². The third kappa shape index (κ3) is 7.28. The lowest BCUT2D eigenvalue weighted by atomic mass is 9.80. The van der Waals surface area contributed by atoms with Crippen LogP contribution in [0.2, 0.25) is 0 Å². The molecule has 0 aromatic heterocycles. The van der Waals surface area contributed by atoms with E-state index in [2.05, 4.69) is 266 Å². The van der Waals surface area contributed by atoms with Crippen LogP contribution in [0, 0.1) is 0 Å². The van der Waals surface area contributed by atoms with Gasteiger partial charge >= 0.3 is 0 Å². The molecule has 0 amide bonds. The number of fused-ring (bicyclic) bond motifs is 8. The molecule has 1 nitrogen and oxygen atoms in total. The maximum Gasteiger partial charge on any atom is 0.0468 e. The molecule has 0 heterocycles. The average molecular weight is 878 g/mol. The van der Waals surface area contributed by atoms with E-state index in [-0.39, 0.29) is 0 Å². The lowest BCUT2D eigenvalue weighted by Crippen LogP contribution is -2.10. The van der Waals surface area contributed by atoms with Gasteiger partial charge in [-0.05, 0) is 177 Å². The van der Waals surface area contributed by atoms with E-state index in [1.54, 1.807) is 0 Å². The molecule has 1 aliphatic carbocycles. The van der Waals surface area contributed by atoms with Gasteiger partial charge in [-0.3, -0.25) is 0 Å². The molecule has 0 atom stereocenters. The molecule has 0 bridgehead atoms. The Kier molecular flexibility index (Phi) is 10.1. The van der Waals surface area contributed by atoms with Gasteiger partial charge in [0.05, 0.1) is 0 Å². The van der Waals surface area contributed by atoms with E-state index < -0.39 is 0 Å². The molecule has 0 saturated heterocycles. The van der Waals surface area contributed by atoms with E-state index in [9.17, 15) is 0 Å². The van der Waals surface area contributed by atoms with Crippen molar-refractivity contribution in [2.24, 2.45) is 0 Å². The number of hydrogen-bond acceptors (Lipinski definition) is 1. The summed E-state index contributed by atoms with van der Waals surface area (Å²) < 4.78 is 0. The Labute approximate surface area is 403 Å². The summed E-state index contributed by atoms with van der Waals surface area (Å²) in [7, 11) is 0. The van der Waals surface area contributed by atoms with E-state index in [4.69, 9.17) is 0 Å². The first-order valence-electron chi connectivity index (χ1n) is 24.1. The smallest absolute Gasteiger partial charge is 0.0468 e. The highest BCUT2D eigenvalue weighted by Gasteiger charge is 2.23. The normalized spacial score (nSPS) is 12.6. The molecule has 0 spiro atoms. The molecule has 12 aromatic rings. The summed E-state index contributed by atoms with van der Waals surface area (Å²) in [5.74, 6) is 0. The highest BCUT2D eigenvalue weighted by Crippen LogP contribution is 2.50. The van der Waals surface area contributed by atoms with Crippen molar-refractivity contribution < 1.29 is 0 Å². The van der Waals surface area contributed by atoms with Crippen LogP contribution in [0.25, 0.3) is 104 Å². The molecule has 0 saturated carbocycles. The van der Waals surface area contributed by atoms with E-state index >= 15 is 0 Å². The fourth-order valence-electron chi connectivity index (χ4n) is 10.9. The first-order chi connectivity index (χ1) is 34.2. The minimum absolute atomic E-state index is 1.03. The Balaban J connectivity index is 1.05. The summed E-state index contributed by atoms with van der Waals surface area (Å²) >= 11 is 0. The summed E-state index contributed by atoms with van der Waals surface area (Å²) in [5.41, 5.74) is 15.6. The predicted octanol–water partition coefficient (Wildman–Crippen LogP) is 19.3.